The van der Waals surface area contributed by atoms with Crippen LogP contribution in [0.4, 0.5) is 0 Å². The molecule has 0 bridgehead atoms. The SMILES string of the molecule is O/N=C1/CCc2ccsc21. The number of fused-ring (bicyclic) bond motifs is 1. The Balaban J connectivity index is 2.53. The molecule has 1 aromatic heterocycles. The van der Waals surface area contributed by atoms with E-state index in [-0.39, 0.29) is 0 Å². The van der Waals surface area contributed by atoms with Crippen LogP contribution in [0.3, 0.4) is 0 Å². The summed E-state index contributed by atoms with van der Waals surface area (Å²) in [5, 5.41) is 13.8. The van der Waals surface area contributed by atoms with Crippen LogP contribution in [0.2, 0.25) is 0 Å². The van der Waals surface area contributed by atoms with Gasteiger partial charge in [-0.1, -0.05) is 5.16 Å². The molecule has 0 aliphatic heterocycles. The van der Waals surface area contributed by atoms with Gasteiger partial charge in [0.05, 0.1) is 10.6 Å². The summed E-state index contributed by atoms with van der Waals surface area (Å²) >= 11 is 1.65. The van der Waals surface area contributed by atoms with Gasteiger partial charge in [-0.15, -0.1) is 11.3 Å². The van der Waals surface area contributed by atoms with Crippen LogP contribution in [0.1, 0.15) is 16.9 Å². The van der Waals surface area contributed by atoms with E-state index in [0.717, 1.165) is 18.6 Å². The van der Waals surface area contributed by atoms with E-state index in [0.29, 0.717) is 0 Å². The Hall–Kier alpha value is -0.830. The third kappa shape index (κ3) is 0.671. The Morgan fingerprint density at radius 2 is 2.40 bits per heavy atom. The van der Waals surface area contributed by atoms with Gasteiger partial charge in [-0.05, 0) is 29.9 Å². The third-order valence-electron chi connectivity index (χ3n) is 1.76. The zero-order valence-corrected chi connectivity index (χ0v) is 6.19. The van der Waals surface area contributed by atoms with E-state index in [2.05, 4.69) is 11.2 Å². The summed E-state index contributed by atoms with van der Waals surface area (Å²) in [5.41, 5.74) is 2.18. The first-order chi connectivity index (χ1) is 4.92. The molecule has 1 aliphatic carbocycles. The quantitative estimate of drug-likeness (QED) is 0.448. The highest BCUT2D eigenvalue weighted by atomic mass is 32.1. The molecular weight excluding hydrogens is 146 g/mol. The smallest absolute Gasteiger partial charge is 0.0973 e. The molecule has 1 N–H and O–H groups in total. The first kappa shape index (κ1) is 5.92. The molecule has 3 heteroatoms. The summed E-state index contributed by atoms with van der Waals surface area (Å²) in [5.74, 6) is 0. The molecule has 0 atom stereocenters. The topological polar surface area (TPSA) is 32.6 Å². The number of hydrogen-bond donors (Lipinski definition) is 1. The van der Waals surface area contributed by atoms with Crippen molar-refractivity contribution in [3.05, 3.63) is 21.9 Å². The number of thiophene rings is 1. The minimum Gasteiger partial charge on any atom is -0.411 e. The molecule has 0 unspecified atom stereocenters. The fraction of sp³-hybridized carbons (Fsp3) is 0.286. The van der Waals surface area contributed by atoms with Crippen molar-refractivity contribution >= 4 is 17.0 Å². The Morgan fingerprint density at radius 3 is 3.20 bits per heavy atom. The monoisotopic (exact) mass is 153 g/mol. The van der Waals surface area contributed by atoms with E-state index in [4.69, 9.17) is 5.21 Å². The molecule has 2 rings (SSSR count). The van der Waals surface area contributed by atoms with Crippen LogP contribution in [0.25, 0.3) is 0 Å². The molecule has 1 aromatic rings. The third-order valence-corrected chi connectivity index (χ3v) is 2.77. The van der Waals surface area contributed by atoms with Crippen molar-refractivity contribution in [1.82, 2.24) is 0 Å². The van der Waals surface area contributed by atoms with Gasteiger partial charge in [0.2, 0.25) is 0 Å². The summed E-state index contributed by atoms with van der Waals surface area (Å²) in [6.07, 6.45) is 1.94. The highest BCUT2D eigenvalue weighted by molar-refractivity contribution is 7.12. The van der Waals surface area contributed by atoms with Crippen LogP contribution >= 0.6 is 11.3 Å². The lowest BCUT2D eigenvalue weighted by Crippen LogP contribution is -1.89. The van der Waals surface area contributed by atoms with Gasteiger partial charge < -0.3 is 5.21 Å². The van der Waals surface area contributed by atoms with E-state index in [1.54, 1.807) is 11.3 Å². The van der Waals surface area contributed by atoms with Crippen molar-refractivity contribution < 1.29 is 5.21 Å². The predicted octanol–water partition coefficient (Wildman–Crippen LogP) is 1.87. The van der Waals surface area contributed by atoms with Gasteiger partial charge in [0.1, 0.15) is 0 Å². The van der Waals surface area contributed by atoms with Crippen molar-refractivity contribution in [3.8, 4) is 0 Å². The van der Waals surface area contributed by atoms with Crippen LogP contribution in [-0.4, -0.2) is 10.9 Å². The normalized spacial score (nSPS) is 19.8. The predicted molar refractivity (Wildman–Crippen MR) is 41.0 cm³/mol. The van der Waals surface area contributed by atoms with Crippen molar-refractivity contribution in [3.63, 3.8) is 0 Å². The van der Waals surface area contributed by atoms with Crippen molar-refractivity contribution in [2.45, 2.75) is 12.8 Å². The average molecular weight is 153 g/mol. The van der Waals surface area contributed by atoms with Gasteiger partial charge in [0.15, 0.2) is 0 Å². The standard InChI is InChI=1S/C7H7NOS/c9-8-6-2-1-5-3-4-10-7(5)6/h3-4,9H,1-2H2/b8-6-. The van der Waals surface area contributed by atoms with E-state index in [1.807, 2.05) is 5.38 Å². The largest absolute Gasteiger partial charge is 0.411 e. The molecule has 1 aliphatic rings. The maximum Gasteiger partial charge on any atom is 0.0973 e. The highest BCUT2D eigenvalue weighted by Crippen LogP contribution is 2.27. The molecule has 2 nitrogen and oxygen atoms in total. The Bertz CT molecular complexity index is 277. The molecule has 0 spiro atoms. The first-order valence-electron chi connectivity index (χ1n) is 3.19. The molecule has 0 fully saturated rings. The lowest BCUT2D eigenvalue weighted by Gasteiger charge is -1.86. The van der Waals surface area contributed by atoms with Crippen LogP contribution in [0, 0.1) is 0 Å². The van der Waals surface area contributed by atoms with Gasteiger partial charge in [-0.25, -0.2) is 0 Å². The molecule has 0 aromatic carbocycles. The summed E-state index contributed by atoms with van der Waals surface area (Å²) in [4.78, 5) is 1.17. The second kappa shape index (κ2) is 2.09. The first-order valence-corrected chi connectivity index (χ1v) is 4.07. The molecule has 10 heavy (non-hydrogen) atoms. The molecule has 0 amide bonds. The van der Waals surface area contributed by atoms with Gasteiger partial charge in [0, 0.05) is 0 Å². The number of rotatable bonds is 0. The lowest BCUT2D eigenvalue weighted by atomic mass is 10.3. The van der Waals surface area contributed by atoms with E-state index in [1.165, 1.54) is 10.4 Å². The van der Waals surface area contributed by atoms with Crippen molar-refractivity contribution in [2.24, 2.45) is 5.16 Å². The van der Waals surface area contributed by atoms with Crippen LogP contribution in [-0.2, 0) is 6.42 Å². The van der Waals surface area contributed by atoms with Crippen LogP contribution < -0.4 is 0 Å². The van der Waals surface area contributed by atoms with Crippen LogP contribution in [0.15, 0.2) is 16.6 Å². The Morgan fingerprint density at radius 1 is 1.50 bits per heavy atom. The molecule has 1 heterocycles. The van der Waals surface area contributed by atoms with Crippen molar-refractivity contribution in [1.29, 1.82) is 0 Å². The Labute approximate surface area is 62.8 Å². The highest BCUT2D eigenvalue weighted by Gasteiger charge is 2.18. The summed E-state index contributed by atoms with van der Waals surface area (Å²) in [6.45, 7) is 0. The fourth-order valence-corrected chi connectivity index (χ4v) is 2.22. The summed E-state index contributed by atoms with van der Waals surface area (Å²) < 4.78 is 0. The van der Waals surface area contributed by atoms with E-state index < -0.39 is 0 Å². The van der Waals surface area contributed by atoms with Gasteiger partial charge >= 0.3 is 0 Å². The second-order valence-electron chi connectivity index (χ2n) is 2.32. The molecule has 0 saturated carbocycles. The Kier molecular flexibility index (Phi) is 1.24. The maximum absolute atomic E-state index is 8.53. The van der Waals surface area contributed by atoms with E-state index in [9.17, 15) is 0 Å². The number of nitrogens with zero attached hydrogens (tertiary/aromatic N) is 1. The molecule has 52 valence electrons. The fourth-order valence-electron chi connectivity index (χ4n) is 1.25. The van der Waals surface area contributed by atoms with Gasteiger partial charge in [-0.3, -0.25) is 0 Å². The minimum absolute atomic E-state index is 0.852. The zero-order valence-electron chi connectivity index (χ0n) is 5.37. The average Bonchev–Trinajstić information content (AvgIpc) is 2.44. The van der Waals surface area contributed by atoms with Crippen molar-refractivity contribution in [2.75, 3.05) is 0 Å². The van der Waals surface area contributed by atoms with Crippen LogP contribution in [0.5, 0.6) is 0 Å². The van der Waals surface area contributed by atoms with Gasteiger partial charge in [-0.2, -0.15) is 0 Å². The van der Waals surface area contributed by atoms with Gasteiger partial charge in [0.25, 0.3) is 0 Å². The summed E-state index contributed by atoms with van der Waals surface area (Å²) in [6, 6.07) is 2.10. The number of oxime groups is 1. The maximum atomic E-state index is 8.53. The number of aryl methyl sites for hydroxylation is 1. The minimum atomic E-state index is 0.852. The lowest BCUT2D eigenvalue weighted by molar-refractivity contribution is 0.318. The second-order valence-corrected chi connectivity index (χ2v) is 3.24. The number of hydrogen-bond acceptors (Lipinski definition) is 3. The summed E-state index contributed by atoms with van der Waals surface area (Å²) in [7, 11) is 0. The van der Waals surface area contributed by atoms with E-state index >= 15 is 0 Å². The molecular formula is C7H7NOS. The molecule has 0 saturated heterocycles. The zero-order chi connectivity index (χ0) is 6.97. The molecule has 0 radical (unpaired) electrons.